The van der Waals surface area contributed by atoms with Gasteiger partial charge >= 0.3 is 5.97 Å². The zero-order valence-corrected chi connectivity index (χ0v) is 8.01. The molecular weight excluding hydrogens is 202 g/mol. The molecule has 0 fully saturated rings. The fourth-order valence-electron chi connectivity index (χ4n) is 1.53. The first-order valence-corrected chi connectivity index (χ1v) is 4.52. The molecule has 72 valence electrons. The third-order valence-corrected chi connectivity index (χ3v) is 2.38. The van der Waals surface area contributed by atoms with Crippen LogP contribution in [0.1, 0.15) is 5.56 Å². The van der Waals surface area contributed by atoms with Crippen LogP contribution in [0.3, 0.4) is 0 Å². The van der Waals surface area contributed by atoms with Crippen LogP contribution in [0.25, 0.3) is 10.9 Å². The topological polar surface area (TPSA) is 53.1 Å². The van der Waals surface area contributed by atoms with Crippen molar-refractivity contribution >= 4 is 28.5 Å². The Hall–Kier alpha value is -1.48. The molecule has 0 aliphatic rings. The number of benzene rings is 1. The fourth-order valence-corrected chi connectivity index (χ4v) is 1.80. The average molecular weight is 210 g/mol. The third kappa shape index (κ3) is 1.46. The molecule has 0 aliphatic heterocycles. The summed E-state index contributed by atoms with van der Waals surface area (Å²) in [5.41, 5.74) is 1.61. The minimum atomic E-state index is -0.852. The predicted octanol–water partition coefficient (Wildman–Crippen LogP) is 2.45. The summed E-state index contributed by atoms with van der Waals surface area (Å²) < 4.78 is 0. The minimum absolute atomic E-state index is 0.00505. The maximum absolute atomic E-state index is 10.6. The molecule has 0 radical (unpaired) electrons. The molecular formula is C10H8ClNO2. The molecule has 2 N–H and O–H groups in total. The molecule has 4 heteroatoms. The highest BCUT2D eigenvalue weighted by Crippen LogP contribution is 2.26. The van der Waals surface area contributed by atoms with Gasteiger partial charge in [-0.2, -0.15) is 0 Å². The number of carbonyl (C=O) groups is 1. The summed E-state index contributed by atoms with van der Waals surface area (Å²) in [6.45, 7) is 0. The highest BCUT2D eigenvalue weighted by Gasteiger charge is 2.09. The number of aliphatic carboxylic acids is 1. The zero-order chi connectivity index (χ0) is 10.1. The van der Waals surface area contributed by atoms with Crippen LogP contribution in [0.4, 0.5) is 0 Å². The van der Waals surface area contributed by atoms with Gasteiger partial charge in [-0.25, -0.2) is 0 Å². The van der Waals surface area contributed by atoms with Gasteiger partial charge < -0.3 is 10.1 Å². The van der Waals surface area contributed by atoms with E-state index in [-0.39, 0.29) is 6.42 Å². The smallest absolute Gasteiger partial charge is 0.307 e. The first-order valence-electron chi connectivity index (χ1n) is 4.15. The lowest BCUT2D eigenvalue weighted by Crippen LogP contribution is -2.00. The van der Waals surface area contributed by atoms with Crippen LogP contribution < -0.4 is 0 Å². The number of hydrogen-bond donors (Lipinski definition) is 2. The van der Waals surface area contributed by atoms with Crippen molar-refractivity contribution in [2.45, 2.75) is 6.42 Å². The molecule has 1 aromatic heterocycles. The fraction of sp³-hybridized carbons (Fsp3) is 0.100. The Morgan fingerprint density at radius 2 is 2.29 bits per heavy atom. The highest BCUT2D eigenvalue weighted by atomic mass is 35.5. The molecule has 0 saturated heterocycles. The van der Waals surface area contributed by atoms with Crippen LogP contribution in [0.5, 0.6) is 0 Å². The highest BCUT2D eigenvalue weighted by molar-refractivity contribution is 6.35. The number of carboxylic acid groups (broad SMARTS) is 1. The summed E-state index contributed by atoms with van der Waals surface area (Å²) in [5, 5.41) is 10.1. The summed E-state index contributed by atoms with van der Waals surface area (Å²) in [7, 11) is 0. The Labute approximate surface area is 85.3 Å². The van der Waals surface area contributed by atoms with E-state index in [9.17, 15) is 4.79 Å². The van der Waals surface area contributed by atoms with Crippen LogP contribution in [0.15, 0.2) is 24.4 Å². The van der Waals surface area contributed by atoms with Gasteiger partial charge in [0.1, 0.15) is 0 Å². The maximum Gasteiger partial charge on any atom is 0.307 e. The number of hydrogen-bond acceptors (Lipinski definition) is 1. The van der Waals surface area contributed by atoms with E-state index >= 15 is 0 Å². The van der Waals surface area contributed by atoms with Crippen molar-refractivity contribution in [2.24, 2.45) is 0 Å². The van der Waals surface area contributed by atoms with E-state index in [1.165, 1.54) is 0 Å². The maximum atomic E-state index is 10.6. The summed E-state index contributed by atoms with van der Waals surface area (Å²) in [5.74, 6) is -0.852. The Morgan fingerprint density at radius 1 is 1.50 bits per heavy atom. The SMILES string of the molecule is O=C(O)Cc1cccc2[nH]cc(Cl)c12. The van der Waals surface area contributed by atoms with Crippen molar-refractivity contribution in [1.29, 1.82) is 0 Å². The molecule has 0 saturated carbocycles. The van der Waals surface area contributed by atoms with Gasteiger partial charge in [0, 0.05) is 17.1 Å². The number of H-pyrrole nitrogens is 1. The van der Waals surface area contributed by atoms with Gasteiger partial charge in [0.15, 0.2) is 0 Å². The van der Waals surface area contributed by atoms with Gasteiger partial charge in [-0.15, -0.1) is 0 Å². The number of aromatic amines is 1. The number of aromatic nitrogens is 1. The van der Waals surface area contributed by atoms with Crippen LogP contribution in [0.2, 0.25) is 5.02 Å². The molecule has 1 heterocycles. The van der Waals surface area contributed by atoms with E-state index in [2.05, 4.69) is 4.98 Å². The number of fused-ring (bicyclic) bond motifs is 1. The molecule has 0 bridgehead atoms. The van der Waals surface area contributed by atoms with Gasteiger partial charge in [0.05, 0.1) is 11.4 Å². The van der Waals surface area contributed by atoms with Crippen LogP contribution >= 0.6 is 11.6 Å². The Balaban J connectivity index is 2.63. The van der Waals surface area contributed by atoms with Crippen molar-refractivity contribution < 1.29 is 9.90 Å². The molecule has 0 amide bonds. The number of halogens is 1. The van der Waals surface area contributed by atoms with E-state index < -0.39 is 5.97 Å². The van der Waals surface area contributed by atoms with Gasteiger partial charge in [0.25, 0.3) is 0 Å². The van der Waals surface area contributed by atoms with Crippen molar-refractivity contribution in [3.05, 3.63) is 35.0 Å². The summed E-state index contributed by atoms with van der Waals surface area (Å²) in [6, 6.07) is 5.45. The van der Waals surface area contributed by atoms with E-state index in [0.29, 0.717) is 5.02 Å². The van der Waals surface area contributed by atoms with E-state index in [0.717, 1.165) is 16.5 Å². The average Bonchev–Trinajstić information content (AvgIpc) is 2.48. The number of nitrogens with one attached hydrogen (secondary N) is 1. The number of rotatable bonds is 2. The van der Waals surface area contributed by atoms with Gasteiger partial charge in [-0.1, -0.05) is 23.7 Å². The summed E-state index contributed by atoms with van der Waals surface area (Å²) >= 11 is 5.94. The molecule has 14 heavy (non-hydrogen) atoms. The monoisotopic (exact) mass is 209 g/mol. The first-order chi connectivity index (χ1) is 6.68. The Bertz CT molecular complexity index is 490. The second kappa shape index (κ2) is 3.35. The molecule has 0 atom stereocenters. The van der Waals surface area contributed by atoms with Crippen molar-refractivity contribution in [3.8, 4) is 0 Å². The minimum Gasteiger partial charge on any atom is -0.481 e. The Kier molecular flexibility index (Phi) is 2.17. The zero-order valence-electron chi connectivity index (χ0n) is 7.25. The molecule has 0 spiro atoms. The molecule has 2 aromatic rings. The lowest BCUT2D eigenvalue weighted by molar-refractivity contribution is -0.136. The van der Waals surface area contributed by atoms with Crippen molar-refractivity contribution in [1.82, 2.24) is 4.98 Å². The first kappa shape index (κ1) is 9.09. The van der Waals surface area contributed by atoms with Crippen molar-refractivity contribution in [2.75, 3.05) is 0 Å². The molecule has 1 aromatic carbocycles. The predicted molar refractivity (Wildman–Crippen MR) is 54.6 cm³/mol. The molecule has 0 aliphatic carbocycles. The second-order valence-electron chi connectivity index (χ2n) is 3.05. The summed E-state index contributed by atoms with van der Waals surface area (Å²) in [4.78, 5) is 13.6. The van der Waals surface area contributed by atoms with Gasteiger partial charge in [-0.05, 0) is 11.6 Å². The lowest BCUT2D eigenvalue weighted by atomic mass is 10.1. The van der Waals surface area contributed by atoms with E-state index in [1.807, 2.05) is 12.1 Å². The van der Waals surface area contributed by atoms with Gasteiger partial charge in [-0.3, -0.25) is 4.79 Å². The van der Waals surface area contributed by atoms with E-state index in [4.69, 9.17) is 16.7 Å². The van der Waals surface area contributed by atoms with Gasteiger partial charge in [0.2, 0.25) is 0 Å². The van der Waals surface area contributed by atoms with Crippen LogP contribution in [-0.4, -0.2) is 16.1 Å². The second-order valence-corrected chi connectivity index (χ2v) is 3.45. The largest absolute Gasteiger partial charge is 0.481 e. The third-order valence-electron chi connectivity index (χ3n) is 2.09. The Morgan fingerprint density at radius 3 is 3.00 bits per heavy atom. The lowest BCUT2D eigenvalue weighted by Gasteiger charge is -1.99. The summed E-state index contributed by atoms with van der Waals surface area (Å²) in [6.07, 6.45) is 1.66. The standard InChI is InChI=1S/C10H8ClNO2/c11-7-5-12-8-3-1-2-6(10(7)8)4-9(13)14/h1-3,5,12H,4H2,(H,13,14). The molecule has 2 rings (SSSR count). The van der Waals surface area contributed by atoms with Crippen LogP contribution in [-0.2, 0) is 11.2 Å². The van der Waals surface area contributed by atoms with Crippen LogP contribution in [0, 0.1) is 0 Å². The van der Waals surface area contributed by atoms with E-state index in [1.54, 1.807) is 12.3 Å². The molecule has 3 nitrogen and oxygen atoms in total. The quantitative estimate of drug-likeness (QED) is 0.798. The van der Waals surface area contributed by atoms with Crippen molar-refractivity contribution in [3.63, 3.8) is 0 Å². The normalized spacial score (nSPS) is 10.6. The number of carboxylic acids is 1. The molecule has 0 unspecified atom stereocenters.